The van der Waals surface area contributed by atoms with Gasteiger partial charge in [-0.15, -0.1) is 0 Å². The van der Waals surface area contributed by atoms with Crippen molar-refractivity contribution in [2.45, 2.75) is 41.7 Å². The standard InChI is InChI=1S/C11H18S2Te4/c14-8(1-6-3-12-6)10-11(17-5-16-10)9(15)2-7-4-13-7/h6-11,14-15H,1-5H2. The Morgan fingerprint density at radius 2 is 1.35 bits per heavy atom. The van der Waals surface area contributed by atoms with Crippen LogP contribution in [0.4, 0.5) is 0 Å². The van der Waals surface area contributed by atoms with Crippen LogP contribution in [0, 0.1) is 0 Å². The molecule has 0 spiro atoms. The SMILES string of the molecule is [TeH]C(CC1CS1)C1[Te]C[Te]C1C([TeH])CC1CS1. The first-order valence-corrected chi connectivity index (χ1v) is 17.1. The molecule has 3 aliphatic heterocycles. The molecule has 0 N–H and O–H groups in total. The summed E-state index contributed by atoms with van der Waals surface area (Å²) in [6, 6.07) is 0. The van der Waals surface area contributed by atoms with Crippen molar-refractivity contribution >= 4 is 110 Å². The molecule has 3 aliphatic rings. The van der Waals surface area contributed by atoms with Gasteiger partial charge in [-0.25, -0.2) is 0 Å². The molecule has 6 atom stereocenters. The van der Waals surface area contributed by atoms with Gasteiger partial charge in [-0.2, -0.15) is 0 Å². The number of hydrogen-bond acceptors (Lipinski definition) is 2. The Balaban J connectivity index is 1.53. The molecule has 3 rings (SSSR count). The fourth-order valence-corrected chi connectivity index (χ4v) is 28.0. The van der Waals surface area contributed by atoms with Crippen LogP contribution in [0.15, 0.2) is 0 Å². The minimum absolute atomic E-state index is 0.434. The third-order valence-corrected chi connectivity index (χ3v) is 25.6. The average molecular weight is 725 g/mol. The predicted molar refractivity (Wildman–Crippen MR) is 87.3 cm³/mol. The summed E-state index contributed by atoms with van der Waals surface area (Å²) in [6.45, 7) is 0. The molecule has 6 unspecified atom stereocenters. The molecule has 3 fully saturated rings. The maximum absolute atomic E-state index is 2.22. The van der Waals surface area contributed by atoms with Gasteiger partial charge in [0, 0.05) is 0 Å². The Labute approximate surface area is 160 Å². The van der Waals surface area contributed by atoms with Gasteiger partial charge in [-0.1, -0.05) is 0 Å². The molecule has 0 bridgehead atoms. The van der Waals surface area contributed by atoms with Gasteiger partial charge < -0.3 is 0 Å². The molecule has 0 aliphatic carbocycles. The van der Waals surface area contributed by atoms with Crippen molar-refractivity contribution in [1.82, 2.24) is 0 Å². The van der Waals surface area contributed by atoms with E-state index >= 15 is 0 Å². The summed E-state index contributed by atoms with van der Waals surface area (Å²) in [5.41, 5.74) is 0. The van der Waals surface area contributed by atoms with E-state index < -0.39 is 0 Å². The zero-order valence-corrected chi connectivity index (χ0v) is 20.9. The Morgan fingerprint density at radius 1 is 0.941 bits per heavy atom. The van der Waals surface area contributed by atoms with E-state index in [9.17, 15) is 0 Å². The maximum atomic E-state index is 2.22. The molecule has 0 radical (unpaired) electrons. The van der Waals surface area contributed by atoms with Crippen LogP contribution in [0.1, 0.15) is 12.8 Å². The Kier molecular flexibility index (Phi) is 6.87. The first kappa shape index (κ1) is 15.7. The van der Waals surface area contributed by atoms with Crippen molar-refractivity contribution in [2.75, 3.05) is 11.5 Å². The van der Waals surface area contributed by atoms with Crippen LogP contribution in [0.25, 0.3) is 0 Å². The second kappa shape index (κ2) is 7.42. The summed E-state index contributed by atoms with van der Waals surface area (Å²) in [5, 5.41) is 2.19. The molecule has 6 heteroatoms. The summed E-state index contributed by atoms with van der Waals surface area (Å²) >= 11 is 9.72. The topological polar surface area (TPSA) is 0 Å². The van der Waals surface area contributed by atoms with Crippen LogP contribution in [0.3, 0.4) is 0 Å². The molecular formula is C11H18S2Te4. The second-order valence-corrected chi connectivity index (χ2v) is 21.5. The van der Waals surface area contributed by atoms with E-state index in [4.69, 9.17) is 0 Å². The Hall–Kier alpha value is 3.86. The molecular weight excluding hydrogens is 707 g/mol. The molecule has 98 valence electrons. The van der Waals surface area contributed by atoms with Crippen molar-refractivity contribution in [3.8, 4) is 0 Å². The van der Waals surface area contributed by atoms with Gasteiger partial charge in [0.25, 0.3) is 0 Å². The summed E-state index contributed by atoms with van der Waals surface area (Å²) < 4.78 is 6.65. The number of rotatable bonds is 6. The van der Waals surface area contributed by atoms with E-state index in [0.29, 0.717) is 41.8 Å². The first-order valence-electron chi connectivity index (χ1n) is 6.06. The average Bonchev–Trinajstić information content (AvgIpc) is 3.21. The van der Waals surface area contributed by atoms with Crippen molar-refractivity contribution in [1.29, 1.82) is 0 Å². The zero-order valence-electron chi connectivity index (χ0n) is 9.53. The fraction of sp³-hybridized carbons (Fsp3) is 1.00. The Bertz CT molecular complexity index is 244. The van der Waals surface area contributed by atoms with E-state index in [-0.39, 0.29) is 0 Å². The number of hydrogen-bond donors (Lipinski definition) is 0. The van der Waals surface area contributed by atoms with Crippen molar-refractivity contribution < 1.29 is 0 Å². The minimum atomic E-state index is 0.434. The normalized spacial score (nSPS) is 43.4. The third kappa shape index (κ3) is 4.93. The van der Waals surface area contributed by atoms with Gasteiger partial charge in [0.15, 0.2) is 0 Å². The first-order chi connectivity index (χ1) is 8.24. The molecule has 0 aromatic rings. The summed E-state index contributed by atoms with van der Waals surface area (Å²) in [5.74, 6) is 2.98. The van der Waals surface area contributed by atoms with Gasteiger partial charge in [0.05, 0.1) is 0 Å². The summed E-state index contributed by atoms with van der Waals surface area (Å²) in [6.07, 6.45) is 3.18. The monoisotopic (exact) mass is 734 g/mol. The quantitative estimate of drug-likeness (QED) is 0.303. The summed E-state index contributed by atoms with van der Waals surface area (Å²) in [7, 11) is 0. The summed E-state index contributed by atoms with van der Waals surface area (Å²) in [4.78, 5) is 0. The van der Waals surface area contributed by atoms with E-state index in [1.165, 1.54) is 19.4 Å². The van der Waals surface area contributed by atoms with Gasteiger partial charge in [-0.3, -0.25) is 0 Å². The van der Waals surface area contributed by atoms with Crippen molar-refractivity contribution in [3.05, 3.63) is 0 Å². The molecule has 0 saturated carbocycles. The number of thioether (sulfide) groups is 2. The van der Waals surface area contributed by atoms with E-state index in [1.807, 2.05) is 0 Å². The van der Waals surface area contributed by atoms with Gasteiger partial charge in [0.1, 0.15) is 0 Å². The molecule has 0 nitrogen and oxygen atoms in total. The third-order valence-electron chi connectivity index (χ3n) is 3.42. The Morgan fingerprint density at radius 3 is 1.71 bits per heavy atom. The van der Waals surface area contributed by atoms with Crippen LogP contribution in [0.2, 0.25) is 18.4 Å². The predicted octanol–water partition coefficient (Wildman–Crippen LogP) is 1.75. The van der Waals surface area contributed by atoms with Gasteiger partial charge >= 0.3 is 163 Å². The molecule has 0 aromatic carbocycles. The molecule has 0 amide bonds. The van der Waals surface area contributed by atoms with Gasteiger partial charge in [-0.05, 0) is 0 Å². The van der Waals surface area contributed by atoms with Crippen LogP contribution in [-0.4, -0.2) is 108 Å². The van der Waals surface area contributed by atoms with Crippen molar-refractivity contribution in [3.63, 3.8) is 0 Å². The second-order valence-electron chi connectivity index (χ2n) is 4.90. The fourth-order valence-electron chi connectivity index (χ4n) is 2.26. The van der Waals surface area contributed by atoms with Crippen LogP contribution >= 0.6 is 23.5 Å². The van der Waals surface area contributed by atoms with Crippen molar-refractivity contribution in [2.24, 2.45) is 0 Å². The van der Waals surface area contributed by atoms with Gasteiger partial charge in [0.2, 0.25) is 0 Å². The molecule has 17 heavy (non-hydrogen) atoms. The van der Waals surface area contributed by atoms with E-state index in [2.05, 4.69) is 68.1 Å². The van der Waals surface area contributed by atoms with Crippen LogP contribution in [0.5, 0.6) is 0 Å². The molecule has 3 saturated heterocycles. The van der Waals surface area contributed by atoms with E-state index in [1.54, 1.807) is 15.4 Å². The van der Waals surface area contributed by atoms with Crippen LogP contribution < -0.4 is 0 Å². The van der Waals surface area contributed by atoms with Crippen LogP contribution in [-0.2, 0) is 0 Å². The molecule has 0 aromatic heterocycles. The van der Waals surface area contributed by atoms with E-state index in [0.717, 1.165) is 18.4 Å². The zero-order chi connectivity index (χ0) is 11.8. The molecule has 3 heterocycles.